The van der Waals surface area contributed by atoms with Crippen LogP contribution < -0.4 is 0 Å². The number of hydrogen-bond donors (Lipinski definition) is 0. The lowest BCUT2D eigenvalue weighted by Gasteiger charge is -1.82. The van der Waals surface area contributed by atoms with Crippen molar-refractivity contribution in [2.24, 2.45) is 10.3 Å². The second-order valence-corrected chi connectivity index (χ2v) is 2.56. The molecule has 0 aromatic carbocycles. The number of hydrogen-bond acceptors (Lipinski definition) is 3. The number of rotatable bonds is 2. The number of oxime groups is 2. The summed E-state index contributed by atoms with van der Waals surface area (Å²) in [5.41, 5.74) is 0. The molecule has 3 nitrogen and oxygen atoms in total. The van der Waals surface area contributed by atoms with Gasteiger partial charge in [-0.15, -0.1) is 0 Å². The van der Waals surface area contributed by atoms with Crippen LogP contribution in [0.4, 0.5) is 0 Å². The van der Waals surface area contributed by atoms with Gasteiger partial charge in [-0.3, -0.25) is 0 Å². The SMILES string of the molecule is ClC(Cl)=NON=C(Cl)Cl. The second-order valence-electron chi connectivity index (χ2n) is 0.745. The second kappa shape index (κ2) is 5.11. The first kappa shape index (κ1) is 9.30. The molecule has 0 amide bonds. The third kappa shape index (κ3) is 8.30. The summed E-state index contributed by atoms with van der Waals surface area (Å²) in [5.74, 6) is 0. The Kier molecular flexibility index (Phi) is 5.28. The molecule has 0 aliphatic rings. The maximum atomic E-state index is 5.00. The van der Waals surface area contributed by atoms with Crippen LogP contribution in [0.25, 0.3) is 0 Å². The van der Waals surface area contributed by atoms with Crippen LogP contribution in [-0.2, 0) is 4.94 Å². The third-order valence-electron chi connectivity index (χ3n) is 0.220. The summed E-state index contributed by atoms with van der Waals surface area (Å²) in [6.07, 6.45) is 0. The van der Waals surface area contributed by atoms with E-state index in [1.54, 1.807) is 0 Å². The first-order valence-electron chi connectivity index (χ1n) is 1.57. The van der Waals surface area contributed by atoms with Crippen LogP contribution in [0.1, 0.15) is 0 Å². The fourth-order valence-electron chi connectivity index (χ4n) is 0.0821. The van der Waals surface area contributed by atoms with Crippen LogP contribution in [-0.4, -0.2) is 9.26 Å². The monoisotopic (exact) mass is 208 g/mol. The highest BCUT2D eigenvalue weighted by atomic mass is 35.5. The van der Waals surface area contributed by atoms with E-state index >= 15 is 0 Å². The van der Waals surface area contributed by atoms with Gasteiger partial charge < -0.3 is 0 Å². The lowest BCUT2D eigenvalue weighted by Crippen LogP contribution is -1.76. The Morgan fingerprint density at radius 3 is 1.44 bits per heavy atom. The van der Waals surface area contributed by atoms with E-state index in [4.69, 9.17) is 46.4 Å². The van der Waals surface area contributed by atoms with Crippen LogP contribution >= 0.6 is 46.4 Å². The van der Waals surface area contributed by atoms with Gasteiger partial charge in [0.05, 0.1) is 0 Å². The number of halogens is 4. The van der Waals surface area contributed by atoms with Crippen LogP contribution in [0.15, 0.2) is 10.3 Å². The average molecular weight is 210 g/mol. The molecular weight excluding hydrogens is 210 g/mol. The molecule has 0 rings (SSSR count). The summed E-state index contributed by atoms with van der Waals surface area (Å²) in [6, 6.07) is 0. The van der Waals surface area contributed by atoms with E-state index in [0.29, 0.717) is 0 Å². The molecule has 0 heterocycles. The molecule has 0 saturated heterocycles. The van der Waals surface area contributed by atoms with Crippen molar-refractivity contribution in [1.29, 1.82) is 0 Å². The Morgan fingerprint density at radius 1 is 0.889 bits per heavy atom. The first-order chi connectivity index (χ1) is 4.13. The van der Waals surface area contributed by atoms with Gasteiger partial charge in [0.2, 0.25) is 9.26 Å². The summed E-state index contributed by atoms with van der Waals surface area (Å²) >= 11 is 20.0. The molecule has 0 saturated carbocycles. The highest BCUT2D eigenvalue weighted by molar-refractivity contribution is 6.95. The van der Waals surface area contributed by atoms with E-state index in [1.165, 1.54) is 0 Å². The fourth-order valence-corrected chi connectivity index (χ4v) is 0.206. The van der Waals surface area contributed by atoms with Crippen molar-refractivity contribution in [3.63, 3.8) is 0 Å². The van der Waals surface area contributed by atoms with Gasteiger partial charge in [-0.05, 0) is 56.7 Å². The van der Waals surface area contributed by atoms with Crippen LogP contribution in [0.2, 0.25) is 0 Å². The van der Waals surface area contributed by atoms with Crippen molar-refractivity contribution in [2.75, 3.05) is 0 Å². The average Bonchev–Trinajstić information content (AvgIpc) is 1.63. The van der Waals surface area contributed by atoms with Crippen molar-refractivity contribution in [3.8, 4) is 0 Å². The van der Waals surface area contributed by atoms with Crippen molar-refractivity contribution in [2.45, 2.75) is 0 Å². The molecule has 0 spiro atoms. The van der Waals surface area contributed by atoms with E-state index in [9.17, 15) is 0 Å². The maximum Gasteiger partial charge on any atom is 0.238 e. The summed E-state index contributed by atoms with van der Waals surface area (Å²) in [4.78, 5) is 4.00. The summed E-state index contributed by atoms with van der Waals surface area (Å²) in [5, 5.41) is 5.91. The van der Waals surface area contributed by atoms with E-state index in [0.717, 1.165) is 0 Å². The molecule has 0 atom stereocenters. The molecule has 0 fully saturated rings. The van der Waals surface area contributed by atoms with Crippen molar-refractivity contribution in [3.05, 3.63) is 0 Å². The van der Waals surface area contributed by atoms with Gasteiger partial charge >= 0.3 is 0 Å². The van der Waals surface area contributed by atoms with E-state index in [2.05, 4.69) is 15.2 Å². The van der Waals surface area contributed by atoms with E-state index < -0.39 is 0 Å². The quantitative estimate of drug-likeness (QED) is 0.509. The normalized spacial score (nSPS) is 8.00. The molecule has 0 unspecified atom stereocenters. The molecule has 0 radical (unpaired) electrons. The zero-order valence-electron chi connectivity index (χ0n) is 3.81. The lowest BCUT2D eigenvalue weighted by molar-refractivity contribution is 0.159. The molecular formula is C2Cl4N2O. The van der Waals surface area contributed by atoms with E-state index in [-0.39, 0.29) is 9.26 Å². The van der Waals surface area contributed by atoms with Crippen molar-refractivity contribution >= 4 is 55.7 Å². The standard InChI is InChI=1S/C2Cl4N2O/c3-1(4)7-9-8-2(5)6. The molecule has 0 aromatic heterocycles. The molecule has 0 bridgehead atoms. The summed E-state index contributed by atoms with van der Waals surface area (Å²) < 4.78 is -0.623. The highest BCUT2D eigenvalue weighted by Crippen LogP contribution is 1.96. The Bertz CT molecular complexity index is 120. The van der Waals surface area contributed by atoms with Gasteiger partial charge in [-0.1, -0.05) is 0 Å². The van der Waals surface area contributed by atoms with Gasteiger partial charge in [0.15, 0.2) is 0 Å². The van der Waals surface area contributed by atoms with Crippen LogP contribution in [0.5, 0.6) is 0 Å². The van der Waals surface area contributed by atoms with E-state index in [1.807, 2.05) is 0 Å². The third-order valence-corrected chi connectivity index (χ3v) is 0.496. The topological polar surface area (TPSA) is 34.0 Å². The Labute approximate surface area is 71.1 Å². The largest absolute Gasteiger partial charge is 0.240 e. The molecule has 7 heteroatoms. The van der Waals surface area contributed by atoms with Gasteiger partial charge in [-0.2, -0.15) is 0 Å². The predicted molar refractivity (Wildman–Crippen MR) is 39.4 cm³/mol. The minimum Gasteiger partial charge on any atom is -0.240 e. The molecule has 0 aliphatic heterocycles. The predicted octanol–water partition coefficient (Wildman–Crippen LogP) is 2.50. The van der Waals surface area contributed by atoms with Gasteiger partial charge in [0.25, 0.3) is 0 Å². The maximum absolute atomic E-state index is 5.00. The summed E-state index contributed by atoms with van der Waals surface area (Å²) in [6.45, 7) is 0. The molecule has 9 heavy (non-hydrogen) atoms. The minimum atomic E-state index is -0.312. The molecule has 52 valence electrons. The fraction of sp³-hybridized carbons (Fsp3) is 0. The van der Waals surface area contributed by atoms with Gasteiger partial charge in [-0.25, -0.2) is 4.94 Å². The zero-order valence-corrected chi connectivity index (χ0v) is 6.84. The molecule has 0 aromatic rings. The summed E-state index contributed by atoms with van der Waals surface area (Å²) in [7, 11) is 0. The zero-order chi connectivity index (χ0) is 7.28. The van der Waals surface area contributed by atoms with Crippen LogP contribution in [0, 0.1) is 0 Å². The molecule has 0 aliphatic carbocycles. The molecule has 0 N–H and O–H groups in total. The Balaban J connectivity index is 3.53. The van der Waals surface area contributed by atoms with Crippen molar-refractivity contribution < 1.29 is 4.94 Å². The number of nitrogens with zero attached hydrogens (tertiary/aromatic N) is 2. The van der Waals surface area contributed by atoms with Gasteiger partial charge in [0, 0.05) is 0 Å². The minimum absolute atomic E-state index is 0.312. The van der Waals surface area contributed by atoms with Crippen LogP contribution in [0.3, 0.4) is 0 Å². The van der Waals surface area contributed by atoms with Gasteiger partial charge in [0.1, 0.15) is 0 Å². The Hall–Kier alpha value is 0.300. The highest BCUT2D eigenvalue weighted by Gasteiger charge is 1.85. The first-order valence-corrected chi connectivity index (χ1v) is 3.08. The Morgan fingerprint density at radius 2 is 1.22 bits per heavy atom. The lowest BCUT2D eigenvalue weighted by atomic mass is 11.7. The van der Waals surface area contributed by atoms with Crippen molar-refractivity contribution in [1.82, 2.24) is 0 Å². The smallest absolute Gasteiger partial charge is 0.238 e.